The summed E-state index contributed by atoms with van der Waals surface area (Å²) in [6, 6.07) is 5.99. The Kier molecular flexibility index (Phi) is 7.19. The van der Waals surface area contributed by atoms with Gasteiger partial charge in [0.2, 0.25) is 5.88 Å². The zero-order chi connectivity index (χ0) is 29.7. The zero-order valence-electron chi connectivity index (χ0n) is 24.7. The van der Waals surface area contributed by atoms with Gasteiger partial charge in [-0.2, -0.15) is 9.97 Å². The maximum atomic E-state index is 16.8. The highest BCUT2D eigenvalue weighted by molar-refractivity contribution is 6.03. The number of benzene rings is 2. The van der Waals surface area contributed by atoms with Crippen LogP contribution in [-0.4, -0.2) is 63.8 Å². The molecule has 0 amide bonds. The quantitative estimate of drug-likeness (QED) is 0.225. The fourth-order valence-corrected chi connectivity index (χ4v) is 7.27. The first-order chi connectivity index (χ1) is 20.9. The van der Waals surface area contributed by atoms with E-state index in [-0.39, 0.29) is 40.0 Å². The van der Waals surface area contributed by atoms with Crippen molar-refractivity contribution in [3.63, 3.8) is 0 Å². The number of aromatic nitrogens is 3. The Labute approximate surface area is 249 Å². The van der Waals surface area contributed by atoms with Gasteiger partial charge in [0, 0.05) is 12.1 Å². The van der Waals surface area contributed by atoms with Gasteiger partial charge < -0.3 is 19.9 Å². The average molecular weight is 590 g/mol. The SMILES string of the molecule is CCc1c(F)ccc2cc(O)cc(-c3nc(OC)c4c(NCC5CCC5)nc(OCC56CCCN5CCC6)nc4c3F)c12. The van der Waals surface area contributed by atoms with E-state index in [1.165, 1.54) is 25.7 Å². The first-order valence-electron chi connectivity index (χ1n) is 15.4. The zero-order valence-corrected chi connectivity index (χ0v) is 24.7. The lowest BCUT2D eigenvalue weighted by Gasteiger charge is -2.31. The number of hydrogen-bond donors (Lipinski definition) is 2. The van der Waals surface area contributed by atoms with E-state index < -0.39 is 11.6 Å². The predicted octanol–water partition coefficient (Wildman–Crippen LogP) is 6.62. The van der Waals surface area contributed by atoms with E-state index in [1.807, 2.05) is 6.92 Å². The van der Waals surface area contributed by atoms with Crippen LogP contribution in [0.1, 0.15) is 57.4 Å². The number of rotatable bonds is 9. The minimum Gasteiger partial charge on any atom is -0.508 e. The molecule has 43 heavy (non-hydrogen) atoms. The van der Waals surface area contributed by atoms with E-state index in [0.29, 0.717) is 53.0 Å². The highest BCUT2D eigenvalue weighted by Gasteiger charge is 2.45. The molecule has 1 saturated carbocycles. The van der Waals surface area contributed by atoms with E-state index in [0.717, 1.165) is 51.6 Å². The summed E-state index contributed by atoms with van der Waals surface area (Å²) in [6.07, 6.45) is 8.23. The summed E-state index contributed by atoms with van der Waals surface area (Å²) in [7, 11) is 1.47. The molecule has 3 aliphatic rings. The van der Waals surface area contributed by atoms with Gasteiger partial charge in [-0.1, -0.05) is 19.4 Å². The Hall–Kier alpha value is -3.79. The second-order valence-corrected chi connectivity index (χ2v) is 12.2. The lowest BCUT2D eigenvalue weighted by atomic mass is 9.85. The number of methoxy groups -OCH3 is 1. The molecule has 2 N–H and O–H groups in total. The van der Waals surface area contributed by atoms with Gasteiger partial charge in [0.05, 0.1) is 12.6 Å². The van der Waals surface area contributed by atoms with Crippen molar-refractivity contribution in [2.45, 2.75) is 63.8 Å². The van der Waals surface area contributed by atoms with Crippen LogP contribution in [0.4, 0.5) is 14.6 Å². The summed E-state index contributed by atoms with van der Waals surface area (Å²) in [5, 5.41) is 15.4. The monoisotopic (exact) mass is 589 g/mol. The van der Waals surface area contributed by atoms with Gasteiger partial charge in [-0.15, -0.1) is 0 Å². The van der Waals surface area contributed by atoms with Crippen molar-refractivity contribution in [2.24, 2.45) is 5.92 Å². The largest absolute Gasteiger partial charge is 0.508 e. The Morgan fingerprint density at radius 1 is 1.05 bits per heavy atom. The maximum absolute atomic E-state index is 16.8. The van der Waals surface area contributed by atoms with Crippen LogP contribution in [0.25, 0.3) is 32.9 Å². The van der Waals surface area contributed by atoms with Crippen LogP contribution in [0.3, 0.4) is 0 Å². The molecule has 2 aromatic heterocycles. The van der Waals surface area contributed by atoms with E-state index in [4.69, 9.17) is 14.5 Å². The van der Waals surface area contributed by atoms with Crippen LogP contribution in [0.5, 0.6) is 17.6 Å². The number of aryl methyl sites for hydroxylation is 1. The number of nitrogens with zero attached hydrogens (tertiary/aromatic N) is 4. The Bertz CT molecular complexity index is 1700. The number of phenols is 1. The van der Waals surface area contributed by atoms with Crippen molar-refractivity contribution in [1.82, 2.24) is 19.9 Å². The van der Waals surface area contributed by atoms with Crippen molar-refractivity contribution < 1.29 is 23.4 Å². The van der Waals surface area contributed by atoms with E-state index in [2.05, 4.69) is 20.2 Å². The summed E-state index contributed by atoms with van der Waals surface area (Å²) in [5.74, 6) is -0.130. The third-order valence-electron chi connectivity index (χ3n) is 9.75. The molecule has 0 atom stereocenters. The van der Waals surface area contributed by atoms with Crippen LogP contribution in [0.15, 0.2) is 24.3 Å². The molecule has 10 heteroatoms. The van der Waals surface area contributed by atoms with Gasteiger partial charge in [-0.25, -0.2) is 13.8 Å². The number of ether oxygens (including phenoxy) is 2. The summed E-state index contributed by atoms with van der Waals surface area (Å²) in [5.41, 5.74) is 0.566. The molecule has 2 saturated heterocycles. The lowest BCUT2D eigenvalue weighted by Crippen LogP contribution is -2.43. The minimum absolute atomic E-state index is 0.00102. The van der Waals surface area contributed by atoms with Gasteiger partial charge in [0.15, 0.2) is 5.82 Å². The Morgan fingerprint density at radius 3 is 2.53 bits per heavy atom. The number of halogens is 2. The first kappa shape index (κ1) is 28.0. The number of phenolic OH excluding ortho intramolecular Hbond substituents is 1. The number of pyridine rings is 1. The molecule has 2 aliphatic heterocycles. The minimum atomic E-state index is -0.713. The van der Waals surface area contributed by atoms with Crippen LogP contribution in [-0.2, 0) is 6.42 Å². The van der Waals surface area contributed by atoms with Crippen LogP contribution in [0, 0.1) is 17.6 Å². The van der Waals surface area contributed by atoms with Gasteiger partial charge in [0.1, 0.15) is 40.6 Å². The third kappa shape index (κ3) is 4.80. The molecule has 226 valence electrons. The summed E-state index contributed by atoms with van der Waals surface area (Å²) < 4.78 is 43.7. The molecule has 4 heterocycles. The fraction of sp³-hybridized carbons (Fsp3) is 0.485. The van der Waals surface area contributed by atoms with Crippen LogP contribution < -0.4 is 14.8 Å². The van der Waals surface area contributed by atoms with Gasteiger partial charge in [-0.05, 0) is 98.5 Å². The number of aromatic hydroxyl groups is 1. The smallest absolute Gasteiger partial charge is 0.319 e. The molecular weight excluding hydrogens is 552 g/mol. The van der Waals surface area contributed by atoms with Crippen LogP contribution in [0.2, 0.25) is 0 Å². The first-order valence-corrected chi connectivity index (χ1v) is 15.4. The summed E-state index contributed by atoms with van der Waals surface area (Å²) >= 11 is 0. The molecule has 7 rings (SSSR count). The number of fused-ring (bicyclic) bond motifs is 3. The van der Waals surface area contributed by atoms with Crippen molar-refractivity contribution in [1.29, 1.82) is 0 Å². The molecule has 0 unspecified atom stereocenters. The molecular formula is C33H37F2N5O3. The Morgan fingerprint density at radius 2 is 1.84 bits per heavy atom. The number of hydrogen-bond acceptors (Lipinski definition) is 8. The molecule has 0 radical (unpaired) electrons. The van der Waals surface area contributed by atoms with Crippen molar-refractivity contribution >= 4 is 27.5 Å². The maximum Gasteiger partial charge on any atom is 0.319 e. The van der Waals surface area contributed by atoms with Crippen molar-refractivity contribution in [3.8, 4) is 28.9 Å². The van der Waals surface area contributed by atoms with Crippen molar-refractivity contribution in [2.75, 3.05) is 38.7 Å². The fourth-order valence-electron chi connectivity index (χ4n) is 7.27. The van der Waals surface area contributed by atoms with Crippen molar-refractivity contribution in [3.05, 3.63) is 41.5 Å². The molecule has 8 nitrogen and oxygen atoms in total. The second kappa shape index (κ2) is 11.0. The molecule has 4 aromatic rings. The molecule has 3 fully saturated rings. The molecule has 0 bridgehead atoms. The third-order valence-corrected chi connectivity index (χ3v) is 9.75. The van der Waals surface area contributed by atoms with E-state index >= 15 is 4.39 Å². The standard InChI is InChI=1S/C33H37F2N5O3/c1-3-22-24(34)10-9-20-15-21(41)16-23(25(20)22)28-27(35)29-26(31(37-28)42-2)30(36-17-19-7-4-8-19)39-32(38-29)43-18-33-11-5-13-40(33)14-6-12-33/h9-10,15-16,19,41H,3-8,11-14,17-18H2,1-2H3,(H,36,38,39). The van der Waals surface area contributed by atoms with Crippen LogP contribution >= 0.6 is 0 Å². The van der Waals surface area contributed by atoms with Gasteiger partial charge in [0.25, 0.3) is 0 Å². The molecule has 1 aliphatic carbocycles. The number of nitrogens with one attached hydrogen (secondary N) is 1. The summed E-state index contributed by atoms with van der Waals surface area (Å²) in [4.78, 5) is 16.4. The lowest BCUT2D eigenvalue weighted by molar-refractivity contribution is 0.108. The van der Waals surface area contributed by atoms with Gasteiger partial charge in [-0.3, -0.25) is 4.90 Å². The predicted molar refractivity (Wildman–Crippen MR) is 162 cm³/mol. The molecule has 2 aromatic carbocycles. The van der Waals surface area contributed by atoms with E-state index in [9.17, 15) is 9.50 Å². The highest BCUT2D eigenvalue weighted by atomic mass is 19.1. The Balaban J connectivity index is 1.39. The van der Waals surface area contributed by atoms with Gasteiger partial charge >= 0.3 is 6.01 Å². The highest BCUT2D eigenvalue weighted by Crippen LogP contribution is 2.43. The van der Waals surface area contributed by atoms with E-state index in [1.54, 1.807) is 12.1 Å². The summed E-state index contributed by atoms with van der Waals surface area (Å²) in [6.45, 7) is 5.09. The topological polar surface area (TPSA) is 92.6 Å². The normalized spacial score (nSPS) is 18.2. The second-order valence-electron chi connectivity index (χ2n) is 12.2. The molecule has 0 spiro atoms. The average Bonchev–Trinajstić information content (AvgIpc) is 3.56. The number of anilines is 1.